The van der Waals surface area contributed by atoms with E-state index in [4.69, 9.17) is 0 Å². The highest BCUT2D eigenvalue weighted by atomic mass is 32.2. The molecule has 2 N–H and O–H groups in total. The second-order valence-electron chi connectivity index (χ2n) is 4.39. The van der Waals surface area contributed by atoms with Crippen molar-refractivity contribution in [3.05, 3.63) is 12.1 Å². The largest absolute Gasteiger partial charge is 0.325 e. The van der Waals surface area contributed by atoms with Crippen molar-refractivity contribution in [2.24, 2.45) is 0 Å². The predicted molar refractivity (Wildman–Crippen MR) is 88.1 cm³/mol. The van der Waals surface area contributed by atoms with Gasteiger partial charge in [-0.25, -0.2) is 0 Å². The molecule has 0 bridgehead atoms. The first-order valence-electron chi connectivity index (χ1n) is 6.29. The number of amides is 2. The number of nitrogens with one attached hydrogen (secondary N) is 2. The SMILES string of the molecule is CC(=O)Nc1cc(NC(C)=O)c(SC(C)=O)cc1SC(C)=O. The molecule has 1 aromatic carbocycles. The summed E-state index contributed by atoms with van der Waals surface area (Å²) in [5.41, 5.74) is 0.814. The Morgan fingerprint density at radius 2 is 1.09 bits per heavy atom. The van der Waals surface area contributed by atoms with E-state index >= 15 is 0 Å². The van der Waals surface area contributed by atoms with E-state index in [1.54, 1.807) is 12.1 Å². The number of hydrogen-bond acceptors (Lipinski definition) is 6. The van der Waals surface area contributed by atoms with Gasteiger partial charge in [-0.1, -0.05) is 23.5 Å². The van der Waals surface area contributed by atoms with Gasteiger partial charge in [0.05, 0.1) is 11.4 Å². The molecule has 118 valence electrons. The lowest BCUT2D eigenvalue weighted by Gasteiger charge is -2.15. The maximum Gasteiger partial charge on any atom is 0.221 e. The van der Waals surface area contributed by atoms with Crippen molar-refractivity contribution in [3.63, 3.8) is 0 Å². The topological polar surface area (TPSA) is 92.3 Å². The Balaban J connectivity index is 3.39. The Morgan fingerprint density at radius 1 is 0.727 bits per heavy atom. The Labute approximate surface area is 136 Å². The summed E-state index contributed by atoms with van der Waals surface area (Å²) < 4.78 is 0. The van der Waals surface area contributed by atoms with Crippen LogP contribution >= 0.6 is 23.5 Å². The number of carbonyl (C=O) groups is 4. The summed E-state index contributed by atoms with van der Waals surface area (Å²) in [7, 11) is 0. The number of benzene rings is 1. The quantitative estimate of drug-likeness (QED) is 0.819. The van der Waals surface area contributed by atoms with Gasteiger partial charge in [-0.3, -0.25) is 19.2 Å². The van der Waals surface area contributed by atoms with Crippen molar-refractivity contribution in [1.29, 1.82) is 0 Å². The zero-order chi connectivity index (χ0) is 16.9. The van der Waals surface area contributed by atoms with E-state index in [1.165, 1.54) is 27.7 Å². The molecule has 0 unspecified atom stereocenters. The van der Waals surface area contributed by atoms with E-state index in [0.717, 1.165) is 23.5 Å². The normalized spacial score (nSPS) is 10.0. The van der Waals surface area contributed by atoms with Crippen LogP contribution in [0.3, 0.4) is 0 Å². The molecule has 8 heteroatoms. The van der Waals surface area contributed by atoms with E-state index in [9.17, 15) is 19.2 Å². The Bertz CT molecular complexity index is 538. The van der Waals surface area contributed by atoms with Crippen LogP contribution in [0.25, 0.3) is 0 Å². The van der Waals surface area contributed by atoms with Gasteiger partial charge < -0.3 is 10.6 Å². The molecular formula is C14H16N2O4S2. The molecule has 1 rings (SSSR count). The lowest BCUT2D eigenvalue weighted by molar-refractivity contribution is -0.115. The molecule has 0 heterocycles. The van der Waals surface area contributed by atoms with Crippen LogP contribution in [0.15, 0.2) is 21.9 Å². The van der Waals surface area contributed by atoms with E-state index in [0.29, 0.717) is 21.2 Å². The highest BCUT2D eigenvalue weighted by molar-refractivity contribution is 8.14. The standard InChI is InChI=1S/C14H16N2O4S2/c1-7(17)15-11-5-12(16-8(2)18)14(22-10(4)20)6-13(11)21-9(3)19/h5-6H,1-4H3,(H,15,17)(H,16,18). The van der Waals surface area contributed by atoms with Gasteiger partial charge in [0.15, 0.2) is 10.2 Å². The van der Waals surface area contributed by atoms with Crippen LogP contribution in [0, 0.1) is 0 Å². The Morgan fingerprint density at radius 3 is 1.36 bits per heavy atom. The van der Waals surface area contributed by atoms with Crippen molar-refractivity contribution in [3.8, 4) is 0 Å². The lowest BCUT2D eigenvalue weighted by Crippen LogP contribution is -2.11. The molecule has 22 heavy (non-hydrogen) atoms. The number of anilines is 2. The number of hydrogen-bond donors (Lipinski definition) is 2. The van der Waals surface area contributed by atoms with Crippen molar-refractivity contribution >= 4 is 56.9 Å². The molecule has 0 aliphatic carbocycles. The third-order valence-corrected chi connectivity index (χ3v) is 3.90. The molecular weight excluding hydrogens is 324 g/mol. The number of carbonyl (C=O) groups excluding carboxylic acids is 4. The molecule has 0 radical (unpaired) electrons. The van der Waals surface area contributed by atoms with Crippen molar-refractivity contribution in [1.82, 2.24) is 0 Å². The molecule has 0 fully saturated rings. The first-order chi connectivity index (χ1) is 10.2. The Kier molecular flexibility index (Phi) is 6.63. The molecule has 0 saturated heterocycles. The number of thioether (sulfide) groups is 2. The second kappa shape index (κ2) is 8.00. The summed E-state index contributed by atoms with van der Waals surface area (Å²) in [5.74, 6) is -0.600. The van der Waals surface area contributed by atoms with Gasteiger partial charge in [-0.15, -0.1) is 0 Å². The van der Waals surface area contributed by atoms with E-state index in [-0.39, 0.29) is 22.0 Å². The van der Waals surface area contributed by atoms with Crippen LogP contribution in [0.4, 0.5) is 11.4 Å². The second-order valence-corrected chi connectivity index (χ2v) is 6.83. The van der Waals surface area contributed by atoms with Crippen molar-refractivity contribution in [2.75, 3.05) is 10.6 Å². The molecule has 0 saturated carbocycles. The highest BCUT2D eigenvalue weighted by Crippen LogP contribution is 2.38. The summed E-state index contributed by atoms with van der Waals surface area (Å²) in [6.07, 6.45) is 0. The van der Waals surface area contributed by atoms with E-state index in [1.807, 2.05) is 0 Å². The fraction of sp³-hybridized carbons (Fsp3) is 0.286. The monoisotopic (exact) mass is 340 g/mol. The predicted octanol–water partition coefficient (Wildman–Crippen LogP) is 2.88. The summed E-state index contributed by atoms with van der Waals surface area (Å²) in [6.45, 7) is 5.50. The van der Waals surface area contributed by atoms with Gasteiger partial charge in [0.25, 0.3) is 0 Å². The van der Waals surface area contributed by atoms with Gasteiger partial charge in [0.1, 0.15) is 0 Å². The zero-order valence-corrected chi connectivity index (χ0v) is 14.2. The molecule has 0 aromatic heterocycles. The van der Waals surface area contributed by atoms with Crippen LogP contribution in [0.5, 0.6) is 0 Å². The van der Waals surface area contributed by atoms with Crippen LogP contribution in [-0.4, -0.2) is 22.0 Å². The molecule has 0 spiro atoms. The van der Waals surface area contributed by atoms with Crippen LogP contribution < -0.4 is 10.6 Å². The average Bonchev–Trinajstić information content (AvgIpc) is 2.31. The van der Waals surface area contributed by atoms with Gasteiger partial charge in [0.2, 0.25) is 11.8 Å². The minimum absolute atomic E-state index is 0.155. The minimum Gasteiger partial charge on any atom is -0.325 e. The summed E-state index contributed by atoms with van der Waals surface area (Å²) in [5, 5.41) is 4.92. The Hall–Kier alpha value is -1.80. The minimum atomic E-state index is -0.300. The lowest BCUT2D eigenvalue weighted by atomic mass is 10.2. The summed E-state index contributed by atoms with van der Waals surface area (Å²) >= 11 is 1.89. The van der Waals surface area contributed by atoms with Crippen molar-refractivity contribution < 1.29 is 19.2 Å². The molecule has 6 nitrogen and oxygen atoms in total. The number of rotatable bonds is 4. The fourth-order valence-corrected chi connectivity index (χ4v) is 3.10. The van der Waals surface area contributed by atoms with Gasteiger partial charge in [-0.05, 0) is 12.1 Å². The van der Waals surface area contributed by atoms with Crippen molar-refractivity contribution in [2.45, 2.75) is 37.5 Å². The van der Waals surface area contributed by atoms with Crippen LogP contribution in [0.2, 0.25) is 0 Å². The van der Waals surface area contributed by atoms with Gasteiger partial charge in [0, 0.05) is 37.5 Å². The average molecular weight is 340 g/mol. The van der Waals surface area contributed by atoms with Gasteiger partial charge >= 0.3 is 0 Å². The zero-order valence-electron chi connectivity index (χ0n) is 12.6. The molecule has 0 aliphatic rings. The first kappa shape index (κ1) is 18.2. The maximum atomic E-state index is 11.4. The highest BCUT2D eigenvalue weighted by Gasteiger charge is 2.15. The molecule has 1 aromatic rings. The smallest absolute Gasteiger partial charge is 0.221 e. The molecule has 0 aliphatic heterocycles. The third kappa shape index (κ3) is 5.90. The van der Waals surface area contributed by atoms with E-state index in [2.05, 4.69) is 10.6 Å². The third-order valence-electron chi connectivity index (χ3n) is 2.21. The molecule has 2 amide bonds. The van der Waals surface area contributed by atoms with Gasteiger partial charge in [-0.2, -0.15) is 0 Å². The van der Waals surface area contributed by atoms with E-state index < -0.39 is 0 Å². The fourth-order valence-electron chi connectivity index (χ4n) is 1.61. The van der Waals surface area contributed by atoms with Crippen LogP contribution in [0.1, 0.15) is 27.7 Å². The van der Waals surface area contributed by atoms with Crippen LogP contribution in [-0.2, 0) is 19.2 Å². The summed E-state index contributed by atoms with van der Waals surface area (Å²) in [4.78, 5) is 46.3. The molecule has 0 atom stereocenters. The maximum absolute atomic E-state index is 11.4. The first-order valence-corrected chi connectivity index (χ1v) is 7.92. The summed E-state index contributed by atoms with van der Waals surface area (Å²) in [6, 6.07) is 3.15.